The normalized spacial score (nSPS) is 49.0. The molecule has 0 aliphatic carbocycles. The Morgan fingerprint density at radius 3 is 2.40 bits per heavy atom. The number of ether oxygens (including phenoxy) is 4. The van der Waals surface area contributed by atoms with Gasteiger partial charge in [-0.05, 0) is 20.8 Å². The molecule has 0 spiro atoms. The van der Waals surface area contributed by atoms with Gasteiger partial charge in [0, 0.05) is 7.11 Å². The van der Waals surface area contributed by atoms with E-state index < -0.39 is 18.2 Å². The van der Waals surface area contributed by atoms with Crippen LogP contribution in [-0.4, -0.2) is 48.7 Å². The highest BCUT2D eigenvalue weighted by atomic mass is 16.8. The second-order valence-corrected chi connectivity index (χ2v) is 4.50. The van der Waals surface area contributed by atoms with Gasteiger partial charge < -0.3 is 24.1 Å². The van der Waals surface area contributed by atoms with Crippen LogP contribution in [0.3, 0.4) is 0 Å². The number of hydrogen-bond donors (Lipinski definition) is 1. The number of aliphatic hydroxyl groups is 1. The van der Waals surface area contributed by atoms with Crippen LogP contribution in [0.15, 0.2) is 0 Å². The fourth-order valence-corrected chi connectivity index (χ4v) is 2.16. The molecule has 0 aromatic carbocycles. The van der Waals surface area contributed by atoms with Gasteiger partial charge in [-0.2, -0.15) is 0 Å². The minimum absolute atomic E-state index is 0.148. The zero-order chi connectivity index (χ0) is 11.2. The van der Waals surface area contributed by atoms with E-state index >= 15 is 0 Å². The molecule has 0 unspecified atom stereocenters. The number of hydrogen-bond acceptors (Lipinski definition) is 5. The van der Waals surface area contributed by atoms with Gasteiger partial charge in [0.15, 0.2) is 12.1 Å². The minimum atomic E-state index is -0.807. The average Bonchev–Trinajstić information content (AvgIpc) is 2.48. The van der Waals surface area contributed by atoms with Crippen molar-refractivity contribution >= 4 is 0 Å². The maximum absolute atomic E-state index is 9.93. The predicted octanol–water partition coefficient (Wildman–Crippen LogP) is 0.259. The Morgan fingerprint density at radius 1 is 1.20 bits per heavy atom. The maximum Gasteiger partial charge on any atom is 0.186 e. The summed E-state index contributed by atoms with van der Waals surface area (Å²) >= 11 is 0. The molecule has 2 saturated heterocycles. The summed E-state index contributed by atoms with van der Waals surface area (Å²) in [7, 11) is 1.50. The molecule has 2 aliphatic rings. The first-order valence-corrected chi connectivity index (χ1v) is 5.16. The van der Waals surface area contributed by atoms with Crippen molar-refractivity contribution in [3.05, 3.63) is 0 Å². The molecule has 0 radical (unpaired) electrons. The van der Waals surface area contributed by atoms with Gasteiger partial charge in [-0.15, -0.1) is 0 Å². The Hall–Kier alpha value is -0.200. The lowest BCUT2D eigenvalue weighted by molar-refractivity contribution is -0.265. The van der Waals surface area contributed by atoms with Crippen molar-refractivity contribution in [1.82, 2.24) is 0 Å². The minimum Gasteiger partial charge on any atom is -0.385 e. The molecule has 0 amide bonds. The Kier molecular flexibility index (Phi) is 2.77. The lowest BCUT2D eigenvalue weighted by atomic mass is 10.0. The zero-order valence-corrected chi connectivity index (χ0v) is 9.47. The molecule has 2 rings (SSSR count). The van der Waals surface area contributed by atoms with E-state index in [1.807, 2.05) is 20.8 Å². The topological polar surface area (TPSA) is 57.2 Å². The fourth-order valence-electron chi connectivity index (χ4n) is 2.16. The third kappa shape index (κ3) is 1.90. The second kappa shape index (κ2) is 3.68. The molecule has 0 aromatic heterocycles. The van der Waals surface area contributed by atoms with Crippen LogP contribution in [0.25, 0.3) is 0 Å². The number of aliphatic hydroxyl groups excluding tert-OH is 1. The van der Waals surface area contributed by atoms with Gasteiger partial charge in [-0.25, -0.2) is 0 Å². The van der Waals surface area contributed by atoms with Gasteiger partial charge in [0.2, 0.25) is 0 Å². The van der Waals surface area contributed by atoms with E-state index in [1.165, 1.54) is 7.11 Å². The molecule has 5 nitrogen and oxygen atoms in total. The van der Waals surface area contributed by atoms with E-state index in [9.17, 15) is 5.11 Å². The molecule has 0 aromatic rings. The van der Waals surface area contributed by atoms with Gasteiger partial charge in [0.1, 0.15) is 18.3 Å². The van der Waals surface area contributed by atoms with E-state index in [0.29, 0.717) is 0 Å². The van der Waals surface area contributed by atoms with Crippen molar-refractivity contribution in [2.45, 2.75) is 57.3 Å². The molecule has 2 aliphatic heterocycles. The van der Waals surface area contributed by atoms with Crippen LogP contribution in [0.5, 0.6) is 0 Å². The van der Waals surface area contributed by atoms with Gasteiger partial charge in [0.25, 0.3) is 0 Å². The summed E-state index contributed by atoms with van der Waals surface area (Å²) in [6.45, 7) is 5.54. The van der Waals surface area contributed by atoms with Gasteiger partial charge in [-0.1, -0.05) is 0 Å². The molecule has 15 heavy (non-hydrogen) atoms. The molecule has 5 atom stereocenters. The molecular formula is C10H18O5. The quantitative estimate of drug-likeness (QED) is 0.684. The van der Waals surface area contributed by atoms with Crippen LogP contribution in [0.1, 0.15) is 20.8 Å². The van der Waals surface area contributed by atoms with Crippen molar-refractivity contribution < 1.29 is 24.1 Å². The van der Waals surface area contributed by atoms with Crippen LogP contribution < -0.4 is 0 Å². The third-order valence-corrected chi connectivity index (χ3v) is 2.82. The highest BCUT2D eigenvalue weighted by Crippen LogP contribution is 2.37. The molecule has 2 heterocycles. The van der Waals surface area contributed by atoms with Crippen molar-refractivity contribution in [3.63, 3.8) is 0 Å². The molecule has 5 heteroatoms. The summed E-state index contributed by atoms with van der Waals surface area (Å²) in [6.07, 6.45) is -2.21. The Balaban J connectivity index is 2.16. The number of rotatable bonds is 1. The predicted molar refractivity (Wildman–Crippen MR) is 51.2 cm³/mol. The van der Waals surface area contributed by atoms with E-state index in [0.717, 1.165) is 0 Å². The van der Waals surface area contributed by atoms with Gasteiger partial charge in [0.05, 0.1) is 6.10 Å². The Bertz CT molecular complexity index is 242. The number of fused-ring (bicyclic) bond motifs is 1. The Morgan fingerprint density at radius 2 is 1.80 bits per heavy atom. The largest absolute Gasteiger partial charge is 0.385 e. The van der Waals surface area contributed by atoms with Crippen LogP contribution in [0, 0.1) is 0 Å². The number of methoxy groups -OCH3 is 1. The first kappa shape index (κ1) is 11.3. The van der Waals surface area contributed by atoms with Gasteiger partial charge in [-0.3, -0.25) is 0 Å². The first-order chi connectivity index (χ1) is 6.94. The van der Waals surface area contributed by atoms with E-state index in [2.05, 4.69) is 0 Å². The lowest BCUT2D eigenvalue weighted by Gasteiger charge is -2.37. The highest BCUT2D eigenvalue weighted by Gasteiger charge is 2.53. The Labute approximate surface area is 89.3 Å². The van der Waals surface area contributed by atoms with Crippen LogP contribution in [-0.2, 0) is 18.9 Å². The summed E-state index contributed by atoms with van der Waals surface area (Å²) in [5.74, 6) is -0.670. The molecule has 1 N–H and O–H groups in total. The zero-order valence-electron chi connectivity index (χ0n) is 9.47. The molecule has 0 bridgehead atoms. The molecule has 88 valence electrons. The van der Waals surface area contributed by atoms with Crippen molar-refractivity contribution in [2.24, 2.45) is 0 Å². The standard InChI is InChI=1S/C10H18O5/c1-5-7-8(15-10(2,3)14-7)6(11)9(12-4)13-5/h5-9,11H,1-4H3/t5-,6-,7+,8-,9-/m1/s1. The maximum atomic E-state index is 9.93. The summed E-state index contributed by atoms with van der Waals surface area (Å²) in [5, 5.41) is 9.93. The summed E-state index contributed by atoms with van der Waals surface area (Å²) in [4.78, 5) is 0. The first-order valence-electron chi connectivity index (χ1n) is 5.16. The fraction of sp³-hybridized carbons (Fsp3) is 1.00. The molecule has 2 fully saturated rings. The van der Waals surface area contributed by atoms with Crippen LogP contribution in [0.2, 0.25) is 0 Å². The van der Waals surface area contributed by atoms with E-state index in [1.54, 1.807) is 0 Å². The van der Waals surface area contributed by atoms with Crippen molar-refractivity contribution in [1.29, 1.82) is 0 Å². The van der Waals surface area contributed by atoms with E-state index in [-0.39, 0.29) is 18.3 Å². The summed E-state index contributed by atoms with van der Waals surface area (Å²) in [5.41, 5.74) is 0. The molecule has 0 saturated carbocycles. The molecular weight excluding hydrogens is 200 g/mol. The second-order valence-electron chi connectivity index (χ2n) is 4.50. The SMILES string of the molecule is CO[C@@H]1O[C@H](C)[C@@H]2OC(C)(C)O[C@@H]2[C@H]1O. The van der Waals surface area contributed by atoms with Crippen LogP contribution in [0.4, 0.5) is 0 Å². The summed E-state index contributed by atoms with van der Waals surface area (Å²) < 4.78 is 21.8. The van der Waals surface area contributed by atoms with Crippen molar-refractivity contribution in [2.75, 3.05) is 7.11 Å². The van der Waals surface area contributed by atoms with E-state index in [4.69, 9.17) is 18.9 Å². The van der Waals surface area contributed by atoms with Gasteiger partial charge >= 0.3 is 0 Å². The smallest absolute Gasteiger partial charge is 0.186 e. The average molecular weight is 218 g/mol. The van der Waals surface area contributed by atoms with Crippen molar-refractivity contribution in [3.8, 4) is 0 Å². The third-order valence-electron chi connectivity index (χ3n) is 2.82. The highest BCUT2D eigenvalue weighted by molar-refractivity contribution is 4.94. The lowest BCUT2D eigenvalue weighted by Crippen LogP contribution is -2.55. The summed E-state index contributed by atoms with van der Waals surface area (Å²) in [6, 6.07) is 0. The van der Waals surface area contributed by atoms with Crippen LogP contribution >= 0.6 is 0 Å². The monoisotopic (exact) mass is 218 g/mol.